The summed E-state index contributed by atoms with van der Waals surface area (Å²) in [5.74, 6) is 0.633. The summed E-state index contributed by atoms with van der Waals surface area (Å²) >= 11 is 0. The molecule has 0 saturated heterocycles. The largest absolute Gasteiger partial charge is 0.354 e. The Kier molecular flexibility index (Phi) is 5.33. The lowest BCUT2D eigenvalue weighted by atomic mass is 10.0. The van der Waals surface area contributed by atoms with Crippen molar-refractivity contribution in [2.75, 3.05) is 0 Å². The molecule has 0 fully saturated rings. The lowest BCUT2D eigenvalue weighted by molar-refractivity contribution is 1.01. The van der Waals surface area contributed by atoms with Crippen LogP contribution in [0.4, 0.5) is 0 Å². The molecule has 6 nitrogen and oxygen atoms in total. The van der Waals surface area contributed by atoms with Gasteiger partial charge in [-0.25, -0.2) is 9.97 Å². The third-order valence-corrected chi connectivity index (χ3v) is 9.31. The van der Waals surface area contributed by atoms with Crippen LogP contribution in [0.15, 0.2) is 144 Å². The molecule has 0 aliphatic heterocycles. The molecule has 6 heteroatoms. The van der Waals surface area contributed by atoms with Gasteiger partial charge in [0.2, 0.25) is 5.95 Å². The van der Waals surface area contributed by atoms with Gasteiger partial charge in [0, 0.05) is 38.0 Å². The highest BCUT2D eigenvalue weighted by atomic mass is 16.1. The Bertz CT molecular complexity index is 2930. The Morgan fingerprint density at radius 3 is 2.02 bits per heavy atom. The number of benzene rings is 6. The molecule has 0 radical (unpaired) electrons. The number of H-pyrrole nitrogens is 2. The van der Waals surface area contributed by atoms with Gasteiger partial charge in [-0.1, -0.05) is 97.1 Å². The summed E-state index contributed by atoms with van der Waals surface area (Å²) in [5, 5.41) is 5.84. The van der Waals surface area contributed by atoms with Gasteiger partial charge in [0.25, 0.3) is 5.56 Å². The highest BCUT2D eigenvalue weighted by Gasteiger charge is 2.18. The fraction of sp³-hybridized carbons (Fsp3) is 0. The van der Waals surface area contributed by atoms with Gasteiger partial charge in [-0.2, -0.15) is 0 Å². The summed E-state index contributed by atoms with van der Waals surface area (Å²) in [6, 6.07) is 47.7. The minimum Gasteiger partial charge on any atom is -0.354 e. The molecule has 0 atom stereocenters. The number of rotatable bonds is 3. The second kappa shape index (κ2) is 9.73. The molecule has 0 bridgehead atoms. The first-order valence-electron chi connectivity index (χ1n) is 15.6. The number of aromatic nitrogens is 5. The van der Waals surface area contributed by atoms with Crippen LogP contribution in [0.3, 0.4) is 0 Å². The van der Waals surface area contributed by atoms with E-state index in [1.165, 1.54) is 0 Å². The van der Waals surface area contributed by atoms with E-state index in [0.29, 0.717) is 11.3 Å². The van der Waals surface area contributed by atoms with Crippen LogP contribution in [0.25, 0.3) is 93.8 Å². The van der Waals surface area contributed by atoms with Crippen molar-refractivity contribution in [2.24, 2.45) is 0 Å². The molecule has 0 aliphatic carbocycles. The zero-order valence-electron chi connectivity index (χ0n) is 25.0. The Hall–Kier alpha value is -6.53. The summed E-state index contributed by atoms with van der Waals surface area (Å²) < 4.78 is 2.17. The Morgan fingerprint density at radius 2 is 1.15 bits per heavy atom. The maximum Gasteiger partial charge on any atom is 0.258 e. The summed E-state index contributed by atoms with van der Waals surface area (Å²) in [5.41, 5.74) is 9.56. The fourth-order valence-electron chi connectivity index (χ4n) is 7.15. The number of pyridine rings is 1. The van der Waals surface area contributed by atoms with Gasteiger partial charge in [0.15, 0.2) is 0 Å². The topological polar surface area (TPSA) is 79.4 Å². The molecule has 0 aliphatic rings. The van der Waals surface area contributed by atoms with Gasteiger partial charge in [-0.05, 0) is 53.6 Å². The van der Waals surface area contributed by atoms with Crippen molar-refractivity contribution < 1.29 is 0 Å². The predicted molar refractivity (Wildman–Crippen MR) is 192 cm³/mol. The van der Waals surface area contributed by atoms with Crippen LogP contribution in [0, 0.1) is 0 Å². The quantitative estimate of drug-likeness (QED) is 0.211. The standard InChI is InChI=1S/C41H25N5O/c47-40-37-31-23-25(18-20-34(31)42-39(37)29-14-5-7-15-32(29)43-40)26-19-21-36-30(22-26)27-12-6-9-17-35(27)46(36)41-44-33-16-8-4-13-28(33)38(45-41)24-10-2-1-3-11-24/h1-23,42H,(H,43,47). The van der Waals surface area contributed by atoms with Crippen LogP contribution >= 0.6 is 0 Å². The molecule has 6 aromatic carbocycles. The highest BCUT2D eigenvalue weighted by Crippen LogP contribution is 2.37. The summed E-state index contributed by atoms with van der Waals surface area (Å²) in [6.45, 7) is 0. The van der Waals surface area contributed by atoms with Crippen molar-refractivity contribution in [3.05, 3.63) is 150 Å². The second-order valence-electron chi connectivity index (χ2n) is 12.0. The van der Waals surface area contributed by atoms with Crippen LogP contribution in [0.2, 0.25) is 0 Å². The van der Waals surface area contributed by atoms with Gasteiger partial charge in [0.05, 0.1) is 38.7 Å². The van der Waals surface area contributed by atoms with Crippen molar-refractivity contribution in [1.29, 1.82) is 0 Å². The average Bonchev–Trinajstić information content (AvgIpc) is 3.68. The summed E-state index contributed by atoms with van der Waals surface area (Å²) in [6.07, 6.45) is 0. The zero-order chi connectivity index (χ0) is 31.1. The van der Waals surface area contributed by atoms with Crippen molar-refractivity contribution in [2.45, 2.75) is 0 Å². The van der Waals surface area contributed by atoms with Gasteiger partial charge in [0.1, 0.15) is 0 Å². The maximum atomic E-state index is 13.3. The molecular weight excluding hydrogens is 578 g/mol. The molecule has 2 N–H and O–H groups in total. The molecule has 4 aromatic heterocycles. The van der Waals surface area contributed by atoms with E-state index in [2.05, 4.69) is 93.4 Å². The minimum absolute atomic E-state index is 0.0918. The highest BCUT2D eigenvalue weighted by molar-refractivity contribution is 6.16. The maximum absolute atomic E-state index is 13.3. The Morgan fingerprint density at radius 1 is 0.489 bits per heavy atom. The SMILES string of the molecule is O=c1[nH]c2ccccc2c2[nH]c3ccc(-c4ccc5c(c4)c4ccccc4n5-c4nc(-c5ccccc5)c5ccccc5n4)cc3c12. The van der Waals surface area contributed by atoms with Gasteiger partial charge in [-0.15, -0.1) is 0 Å². The number of para-hydroxylation sites is 3. The minimum atomic E-state index is -0.0918. The first-order chi connectivity index (χ1) is 23.2. The number of fused-ring (bicyclic) bond motifs is 9. The molecule has 10 rings (SSSR count). The molecule has 220 valence electrons. The number of aromatic amines is 2. The monoisotopic (exact) mass is 603 g/mol. The lowest BCUT2D eigenvalue weighted by Crippen LogP contribution is -2.05. The second-order valence-corrected chi connectivity index (χ2v) is 12.0. The van der Waals surface area contributed by atoms with Crippen molar-refractivity contribution in [1.82, 2.24) is 24.5 Å². The van der Waals surface area contributed by atoms with Crippen LogP contribution in [-0.4, -0.2) is 24.5 Å². The smallest absolute Gasteiger partial charge is 0.258 e. The van der Waals surface area contributed by atoms with Crippen LogP contribution < -0.4 is 5.56 Å². The normalized spacial score (nSPS) is 11.9. The molecule has 0 saturated carbocycles. The van der Waals surface area contributed by atoms with E-state index in [1.807, 2.05) is 60.7 Å². The lowest BCUT2D eigenvalue weighted by Gasteiger charge is -2.12. The van der Waals surface area contributed by atoms with E-state index in [-0.39, 0.29) is 5.56 Å². The third kappa shape index (κ3) is 3.82. The third-order valence-electron chi connectivity index (χ3n) is 9.31. The molecule has 4 heterocycles. The number of hydrogen-bond acceptors (Lipinski definition) is 3. The first kappa shape index (κ1) is 25.8. The van der Waals surface area contributed by atoms with Crippen molar-refractivity contribution in [3.63, 3.8) is 0 Å². The van der Waals surface area contributed by atoms with E-state index in [4.69, 9.17) is 9.97 Å². The van der Waals surface area contributed by atoms with Crippen LogP contribution in [0.5, 0.6) is 0 Å². The first-order valence-corrected chi connectivity index (χ1v) is 15.6. The number of hydrogen-bond donors (Lipinski definition) is 2. The number of nitrogens with one attached hydrogen (secondary N) is 2. The fourth-order valence-corrected chi connectivity index (χ4v) is 7.15. The molecule has 0 unspecified atom stereocenters. The average molecular weight is 604 g/mol. The zero-order valence-corrected chi connectivity index (χ0v) is 25.0. The van der Waals surface area contributed by atoms with Crippen molar-refractivity contribution >= 4 is 65.4 Å². The molecule has 0 amide bonds. The van der Waals surface area contributed by atoms with Crippen molar-refractivity contribution in [3.8, 4) is 28.3 Å². The Labute approximate surface area is 267 Å². The van der Waals surface area contributed by atoms with E-state index >= 15 is 0 Å². The summed E-state index contributed by atoms with van der Waals surface area (Å²) in [7, 11) is 0. The van der Waals surface area contributed by atoms with E-state index in [9.17, 15) is 4.79 Å². The molecular formula is C41H25N5O. The van der Waals surface area contributed by atoms with Gasteiger partial charge in [-0.3, -0.25) is 9.36 Å². The van der Waals surface area contributed by atoms with Crippen LogP contribution in [-0.2, 0) is 0 Å². The predicted octanol–water partition coefficient (Wildman–Crippen LogP) is 9.54. The molecule has 47 heavy (non-hydrogen) atoms. The number of nitrogens with zero attached hydrogens (tertiary/aromatic N) is 3. The molecule has 0 spiro atoms. The van der Waals surface area contributed by atoms with E-state index in [0.717, 1.165) is 82.4 Å². The summed E-state index contributed by atoms with van der Waals surface area (Å²) in [4.78, 5) is 30.1. The Balaban J connectivity index is 1.19. The van der Waals surface area contributed by atoms with Crippen LogP contribution in [0.1, 0.15) is 0 Å². The van der Waals surface area contributed by atoms with E-state index < -0.39 is 0 Å². The van der Waals surface area contributed by atoms with Gasteiger partial charge < -0.3 is 9.97 Å². The van der Waals surface area contributed by atoms with Gasteiger partial charge >= 0.3 is 0 Å². The molecule has 10 aromatic rings. The van der Waals surface area contributed by atoms with E-state index in [1.54, 1.807) is 0 Å².